The van der Waals surface area contributed by atoms with E-state index < -0.39 is 11.9 Å². The van der Waals surface area contributed by atoms with E-state index >= 15 is 0 Å². The maximum atomic E-state index is 12.6. The largest absolute Gasteiger partial charge is 0.460 e. The van der Waals surface area contributed by atoms with Crippen molar-refractivity contribution < 1.29 is 23.7 Å². The van der Waals surface area contributed by atoms with Gasteiger partial charge >= 0.3 is 5.97 Å². The van der Waals surface area contributed by atoms with Crippen LogP contribution >= 0.6 is 0 Å². The number of esters is 1. The van der Waals surface area contributed by atoms with E-state index in [1.165, 1.54) is 0 Å². The zero-order valence-corrected chi connectivity index (χ0v) is 13.8. The van der Waals surface area contributed by atoms with Gasteiger partial charge in [-0.15, -0.1) is 5.10 Å². The molecular weight excluding hydrogens is 328 g/mol. The molecule has 1 atom stereocenters. The summed E-state index contributed by atoms with van der Waals surface area (Å²) in [6, 6.07) is 5.20. The van der Waals surface area contributed by atoms with Crippen LogP contribution in [0.25, 0.3) is 11.0 Å². The quantitative estimate of drug-likeness (QED) is 0.657. The summed E-state index contributed by atoms with van der Waals surface area (Å²) in [6.45, 7) is 5.43. The SMILES string of the molecule is CC1=C(C(=O)OC(C)C)C(c2cccc3nonc23)C(OC=O)=NN1. The summed E-state index contributed by atoms with van der Waals surface area (Å²) in [6.07, 6.45) is -0.313. The van der Waals surface area contributed by atoms with Gasteiger partial charge in [0.1, 0.15) is 11.0 Å². The molecule has 1 aromatic carbocycles. The third-order valence-corrected chi connectivity index (χ3v) is 3.63. The van der Waals surface area contributed by atoms with Crippen molar-refractivity contribution in [2.75, 3.05) is 0 Å². The van der Waals surface area contributed by atoms with Gasteiger partial charge in [-0.25, -0.2) is 9.42 Å². The zero-order valence-electron chi connectivity index (χ0n) is 13.8. The lowest BCUT2D eigenvalue weighted by Gasteiger charge is -2.26. The summed E-state index contributed by atoms with van der Waals surface area (Å²) in [4.78, 5) is 23.5. The Kier molecular flexibility index (Phi) is 4.46. The van der Waals surface area contributed by atoms with Gasteiger partial charge in [0.2, 0.25) is 5.90 Å². The molecule has 1 aromatic heterocycles. The summed E-state index contributed by atoms with van der Waals surface area (Å²) in [5.74, 6) is -1.32. The first kappa shape index (κ1) is 16.6. The number of nitrogens with zero attached hydrogens (tertiary/aromatic N) is 3. The molecule has 9 nitrogen and oxygen atoms in total. The van der Waals surface area contributed by atoms with E-state index in [1.807, 2.05) is 0 Å². The lowest BCUT2D eigenvalue weighted by atomic mass is 9.87. The highest BCUT2D eigenvalue weighted by molar-refractivity contribution is 6.05. The highest BCUT2D eigenvalue weighted by atomic mass is 16.6. The van der Waals surface area contributed by atoms with E-state index in [0.717, 1.165) is 0 Å². The van der Waals surface area contributed by atoms with Gasteiger partial charge in [0.05, 0.1) is 17.6 Å². The zero-order chi connectivity index (χ0) is 18.0. The van der Waals surface area contributed by atoms with Crippen LogP contribution < -0.4 is 5.43 Å². The van der Waals surface area contributed by atoms with E-state index in [9.17, 15) is 9.59 Å². The molecule has 130 valence electrons. The molecule has 25 heavy (non-hydrogen) atoms. The molecular formula is C16H16N4O5. The number of fused-ring (bicyclic) bond motifs is 1. The number of hydrazone groups is 1. The standard InChI is InChI=1S/C16H16N4O5/c1-8(2)24-16(22)12-9(3)17-18-15(23-7-21)13(12)10-5-4-6-11-14(10)20-25-19-11/h4-8,13,17H,1-3H3. The number of carbonyl (C=O) groups is 2. The fourth-order valence-electron chi connectivity index (χ4n) is 2.64. The Balaban J connectivity index is 2.16. The highest BCUT2D eigenvalue weighted by Gasteiger charge is 2.37. The second kappa shape index (κ2) is 6.71. The molecule has 0 saturated carbocycles. The number of nitrogens with one attached hydrogen (secondary N) is 1. The lowest BCUT2D eigenvalue weighted by Crippen LogP contribution is -2.33. The van der Waals surface area contributed by atoms with Crippen LogP contribution in [0.2, 0.25) is 0 Å². The van der Waals surface area contributed by atoms with Gasteiger partial charge in [0.15, 0.2) is 0 Å². The third kappa shape index (κ3) is 3.08. The Bertz CT molecular complexity index is 884. The van der Waals surface area contributed by atoms with Crippen LogP contribution in [0.1, 0.15) is 32.3 Å². The Morgan fingerprint density at radius 3 is 2.88 bits per heavy atom. The van der Waals surface area contributed by atoms with Crippen molar-refractivity contribution in [2.45, 2.75) is 32.8 Å². The van der Waals surface area contributed by atoms with Crippen LogP contribution in [0.3, 0.4) is 0 Å². The Morgan fingerprint density at radius 1 is 1.36 bits per heavy atom. The maximum absolute atomic E-state index is 12.6. The van der Waals surface area contributed by atoms with Crippen molar-refractivity contribution in [3.63, 3.8) is 0 Å². The molecule has 3 rings (SSSR count). The van der Waals surface area contributed by atoms with Gasteiger partial charge in [-0.05, 0) is 37.2 Å². The molecule has 0 fully saturated rings. The van der Waals surface area contributed by atoms with Gasteiger partial charge in [-0.1, -0.05) is 12.1 Å². The molecule has 1 N–H and O–H groups in total. The van der Waals surface area contributed by atoms with Crippen molar-refractivity contribution in [2.24, 2.45) is 5.10 Å². The molecule has 1 aliphatic heterocycles. The van der Waals surface area contributed by atoms with Gasteiger partial charge in [-0.2, -0.15) is 0 Å². The number of carbonyl (C=O) groups excluding carboxylic acids is 2. The second-order valence-electron chi connectivity index (χ2n) is 5.68. The molecule has 1 aliphatic rings. The normalized spacial score (nSPS) is 17.3. The number of hydrogen-bond acceptors (Lipinski definition) is 9. The number of hydrogen-bond donors (Lipinski definition) is 1. The van der Waals surface area contributed by atoms with Crippen LogP contribution in [0.15, 0.2) is 39.2 Å². The minimum absolute atomic E-state index is 0.00630. The molecule has 2 heterocycles. The molecule has 0 spiro atoms. The topological polar surface area (TPSA) is 116 Å². The van der Waals surface area contributed by atoms with E-state index in [4.69, 9.17) is 14.1 Å². The Morgan fingerprint density at radius 2 is 2.16 bits per heavy atom. The summed E-state index contributed by atoms with van der Waals surface area (Å²) in [5, 5.41) is 11.7. The van der Waals surface area contributed by atoms with Gasteiger partial charge < -0.3 is 9.47 Å². The molecule has 1 unspecified atom stereocenters. The van der Waals surface area contributed by atoms with Crippen molar-refractivity contribution in [1.82, 2.24) is 15.7 Å². The van der Waals surface area contributed by atoms with E-state index in [-0.39, 0.29) is 24.0 Å². The molecule has 9 heteroatoms. The van der Waals surface area contributed by atoms with Crippen LogP contribution in [0.4, 0.5) is 0 Å². The first-order valence-corrected chi connectivity index (χ1v) is 7.59. The number of benzene rings is 1. The second-order valence-corrected chi connectivity index (χ2v) is 5.68. The van der Waals surface area contributed by atoms with E-state index in [1.54, 1.807) is 39.0 Å². The highest BCUT2D eigenvalue weighted by Crippen LogP contribution is 2.35. The van der Waals surface area contributed by atoms with Crippen LogP contribution in [0.5, 0.6) is 0 Å². The fraction of sp³-hybridized carbons (Fsp3) is 0.312. The lowest BCUT2D eigenvalue weighted by molar-refractivity contribution is -0.143. The smallest absolute Gasteiger partial charge is 0.337 e. The molecule has 0 bridgehead atoms. The van der Waals surface area contributed by atoms with Gasteiger partial charge in [0.25, 0.3) is 6.47 Å². The molecule has 0 saturated heterocycles. The van der Waals surface area contributed by atoms with Crippen molar-refractivity contribution in [1.29, 1.82) is 0 Å². The number of rotatable bonds is 4. The van der Waals surface area contributed by atoms with Gasteiger partial charge in [0, 0.05) is 11.3 Å². The van der Waals surface area contributed by atoms with E-state index in [2.05, 4.69) is 20.8 Å². The maximum Gasteiger partial charge on any atom is 0.337 e. The Labute approximate surface area is 142 Å². The minimum atomic E-state index is -0.784. The third-order valence-electron chi connectivity index (χ3n) is 3.63. The van der Waals surface area contributed by atoms with Gasteiger partial charge in [-0.3, -0.25) is 10.2 Å². The average Bonchev–Trinajstić information content (AvgIpc) is 3.04. The number of aromatic nitrogens is 2. The van der Waals surface area contributed by atoms with Crippen molar-refractivity contribution in [3.8, 4) is 0 Å². The molecule has 0 radical (unpaired) electrons. The summed E-state index contributed by atoms with van der Waals surface area (Å²) >= 11 is 0. The van der Waals surface area contributed by atoms with Crippen LogP contribution in [-0.2, 0) is 19.1 Å². The summed E-state index contributed by atoms with van der Waals surface area (Å²) < 4.78 is 15.1. The average molecular weight is 344 g/mol. The Hall–Kier alpha value is -3.23. The first-order chi connectivity index (χ1) is 12.0. The van der Waals surface area contributed by atoms with Crippen molar-refractivity contribution in [3.05, 3.63) is 35.0 Å². The predicted octanol–water partition coefficient (Wildman–Crippen LogP) is 1.62. The number of ether oxygens (including phenoxy) is 2. The minimum Gasteiger partial charge on any atom is -0.460 e. The van der Waals surface area contributed by atoms with Crippen LogP contribution in [0, 0.1) is 0 Å². The fourth-order valence-corrected chi connectivity index (χ4v) is 2.64. The summed E-state index contributed by atoms with van der Waals surface area (Å²) in [5.41, 5.74) is 4.97. The predicted molar refractivity (Wildman–Crippen MR) is 86.2 cm³/mol. The monoisotopic (exact) mass is 344 g/mol. The molecule has 0 aliphatic carbocycles. The van der Waals surface area contributed by atoms with E-state index in [0.29, 0.717) is 22.3 Å². The number of allylic oxidation sites excluding steroid dienone is 1. The molecule has 2 aromatic rings. The van der Waals surface area contributed by atoms with Crippen molar-refractivity contribution >= 4 is 29.4 Å². The first-order valence-electron chi connectivity index (χ1n) is 7.59. The summed E-state index contributed by atoms with van der Waals surface area (Å²) in [7, 11) is 0. The van der Waals surface area contributed by atoms with Crippen LogP contribution in [-0.4, -0.2) is 34.8 Å². The molecule has 0 amide bonds.